The Morgan fingerprint density at radius 3 is 3.07 bits per heavy atom. The van der Waals surface area contributed by atoms with Crippen molar-refractivity contribution in [1.82, 2.24) is 15.4 Å². The number of carboxylic acids is 1. The number of aromatic amines is 1. The maximum absolute atomic E-state index is 10.4. The van der Waals surface area contributed by atoms with Gasteiger partial charge in [-0.2, -0.15) is 5.10 Å². The minimum atomic E-state index is -0.903. The standard InChI is InChI=1S/C9H9N3O3/c1-5-4-10-15-9(5)7-2-6(11-12-7)3-8(13)14/h2,4H,3H2,1H3,(H,11,12)(H,13,14). The van der Waals surface area contributed by atoms with Crippen molar-refractivity contribution in [3.05, 3.63) is 23.5 Å². The Balaban J connectivity index is 2.28. The van der Waals surface area contributed by atoms with Gasteiger partial charge in [0.05, 0.1) is 12.6 Å². The summed E-state index contributed by atoms with van der Waals surface area (Å²) in [5.74, 6) is -0.345. The van der Waals surface area contributed by atoms with E-state index in [1.807, 2.05) is 6.92 Å². The monoisotopic (exact) mass is 207 g/mol. The third-order valence-corrected chi connectivity index (χ3v) is 1.95. The largest absolute Gasteiger partial charge is 0.481 e. The van der Waals surface area contributed by atoms with Crippen molar-refractivity contribution in [1.29, 1.82) is 0 Å². The molecule has 0 aromatic carbocycles. The van der Waals surface area contributed by atoms with E-state index >= 15 is 0 Å². The number of aliphatic carboxylic acids is 1. The van der Waals surface area contributed by atoms with Crippen LogP contribution in [0.2, 0.25) is 0 Å². The molecule has 2 heterocycles. The zero-order chi connectivity index (χ0) is 10.8. The van der Waals surface area contributed by atoms with Gasteiger partial charge in [-0.3, -0.25) is 9.89 Å². The molecule has 6 nitrogen and oxygen atoms in total. The van der Waals surface area contributed by atoms with Crippen LogP contribution >= 0.6 is 0 Å². The van der Waals surface area contributed by atoms with Crippen LogP contribution in [0.15, 0.2) is 16.8 Å². The molecule has 2 aromatic heterocycles. The van der Waals surface area contributed by atoms with E-state index in [0.29, 0.717) is 17.1 Å². The summed E-state index contributed by atoms with van der Waals surface area (Å²) in [7, 11) is 0. The van der Waals surface area contributed by atoms with Gasteiger partial charge in [0.25, 0.3) is 0 Å². The Bertz CT molecular complexity index is 486. The molecule has 6 heteroatoms. The molecule has 0 bridgehead atoms. The Labute approximate surface area is 84.9 Å². The highest BCUT2D eigenvalue weighted by Gasteiger charge is 2.12. The summed E-state index contributed by atoms with van der Waals surface area (Å²) in [5, 5.41) is 18.8. The summed E-state index contributed by atoms with van der Waals surface area (Å²) in [6.45, 7) is 1.84. The molecular weight excluding hydrogens is 198 g/mol. The van der Waals surface area contributed by atoms with Gasteiger partial charge in [0.1, 0.15) is 5.69 Å². The Morgan fingerprint density at radius 2 is 2.47 bits per heavy atom. The molecule has 2 rings (SSSR count). The summed E-state index contributed by atoms with van der Waals surface area (Å²) in [4.78, 5) is 10.4. The van der Waals surface area contributed by atoms with E-state index < -0.39 is 5.97 Å². The lowest BCUT2D eigenvalue weighted by molar-refractivity contribution is -0.136. The molecule has 0 aliphatic carbocycles. The minimum absolute atomic E-state index is 0.0832. The summed E-state index contributed by atoms with van der Waals surface area (Å²) in [5.41, 5.74) is 1.97. The van der Waals surface area contributed by atoms with Gasteiger partial charge < -0.3 is 9.63 Å². The maximum Gasteiger partial charge on any atom is 0.309 e. The maximum atomic E-state index is 10.4. The Kier molecular flexibility index (Phi) is 2.24. The molecule has 0 saturated heterocycles. The predicted molar refractivity (Wildman–Crippen MR) is 50.2 cm³/mol. The van der Waals surface area contributed by atoms with Crippen LogP contribution in [0.3, 0.4) is 0 Å². The zero-order valence-corrected chi connectivity index (χ0v) is 8.02. The molecule has 0 amide bonds. The lowest BCUT2D eigenvalue weighted by Crippen LogP contribution is -1.99. The fourth-order valence-corrected chi connectivity index (χ4v) is 1.27. The number of aromatic nitrogens is 3. The first-order chi connectivity index (χ1) is 7.16. The molecule has 0 aliphatic heterocycles. The molecule has 0 radical (unpaired) electrons. The lowest BCUT2D eigenvalue weighted by Gasteiger charge is -1.88. The van der Waals surface area contributed by atoms with Gasteiger partial charge in [0, 0.05) is 11.3 Å². The summed E-state index contributed by atoms with van der Waals surface area (Å²) < 4.78 is 4.99. The van der Waals surface area contributed by atoms with Crippen molar-refractivity contribution in [2.24, 2.45) is 0 Å². The molecule has 78 valence electrons. The molecule has 0 atom stereocenters. The molecular formula is C9H9N3O3. The molecule has 2 N–H and O–H groups in total. The number of aryl methyl sites for hydroxylation is 1. The van der Waals surface area contributed by atoms with Crippen molar-refractivity contribution < 1.29 is 14.4 Å². The first kappa shape index (κ1) is 9.45. The van der Waals surface area contributed by atoms with E-state index in [1.54, 1.807) is 12.3 Å². The Hall–Kier alpha value is -2.11. The summed E-state index contributed by atoms with van der Waals surface area (Å²) >= 11 is 0. The number of hydrogen-bond donors (Lipinski definition) is 2. The fourth-order valence-electron chi connectivity index (χ4n) is 1.27. The van der Waals surface area contributed by atoms with Crippen molar-refractivity contribution >= 4 is 5.97 Å². The number of rotatable bonds is 3. The van der Waals surface area contributed by atoms with Gasteiger partial charge in [-0.1, -0.05) is 5.16 Å². The normalized spacial score (nSPS) is 10.5. The lowest BCUT2D eigenvalue weighted by atomic mass is 10.2. The van der Waals surface area contributed by atoms with E-state index in [1.165, 1.54) is 0 Å². The number of H-pyrrole nitrogens is 1. The highest BCUT2D eigenvalue weighted by Crippen LogP contribution is 2.21. The van der Waals surface area contributed by atoms with Crippen LogP contribution in [0.25, 0.3) is 11.5 Å². The average molecular weight is 207 g/mol. The van der Waals surface area contributed by atoms with Gasteiger partial charge >= 0.3 is 5.97 Å². The van der Waals surface area contributed by atoms with Crippen LogP contribution in [0.1, 0.15) is 11.3 Å². The molecule has 0 unspecified atom stereocenters. The fraction of sp³-hybridized carbons (Fsp3) is 0.222. The quantitative estimate of drug-likeness (QED) is 0.783. The highest BCUT2D eigenvalue weighted by molar-refractivity contribution is 5.70. The van der Waals surface area contributed by atoms with Gasteiger partial charge in [0.2, 0.25) is 0 Å². The van der Waals surface area contributed by atoms with Crippen LogP contribution in [-0.4, -0.2) is 26.4 Å². The minimum Gasteiger partial charge on any atom is -0.481 e. The van der Waals surface area contributed by atoms with Crippen LogP contribution in [0, 0.1) is 6.92 Å². The first-order valence-corrected chi connectivity index (χ1v) is 4.34. The number of carboxylic acid groups (broad SMARTS) is 1. The topological polar surface area (TPSA) is 92.0 Å². The van der Waals surface area contributed by atoms with Crippen molar-refractivity contribution in [2.45, 2.75) is 13.3 Å². The molecule has 15 heavy (non-hydrogen) atoms. The van der Waals surface area contributed by atoms with E-state index in [9.17, 15) is 4.79 Å². The molecule has 0 saturated carbocycles. The molecule has 0 spiro atoms. The third kappa shape index (κ3) is 1.88. The summed E-state index contributed by atoms with van der Waals surface area (Å²) in [6, 6.07) is 1.64. The van der Waals surface area contributed by atoms with Crippen LogP contribution in [-0.2, 0) is 11.2 Å². The molecule has 0 aliphatic rings. The zero-order valence-electron chi connectivity index (χ0n) is 8.02. The van der Waals surface area contributed by atoms with E-state index in [4.69, 9.17) is 9.63 Å². The van der Waals surface area contributed by atoms with Crippen LogP contribution in [0.4, 0.5) is 0 Å². The smallest absolute Gasteiger partial charge is 0.309 e. The van der Waals surface area contributed by atoms with Crippen LogP contribution in [0.5, 0.6) is 0 Å². The summed E-state index contributed by atoms with van der Waals surface area (Å²) in [6.07, 6.45) is 1.50. The third-order valence-electron chi connectivity index (χ3n) is 1.95. The van der Waals surface area contributed by atoms with Gasteiger partial charge in [-0.15, -0.1) is 0 Å². The van der Waals surface area contributed by atoms with Gasteiger partial charge in [-0.05, 0) is 13.0 Å². The van der Waals surface area contributed by atoms with Crippen molar-refractivity contribution in [2.75, 3.05) is 0 Å². The predicted octanol–water partition coefficient (Wildman–Crippen LogP) is 1.00. The van der Waals surface area contributed by atoms with Crippen LogP contribution < -0.4 is 0 Å². The average Bonchev–Trinajstić information content (AvgIpc) is 2.72. The van der Waals surface area contributed by atoms with E-state index in [0.717, 1.165) is 5.56 Å². The van der Waals surface area contributed by atoms with Gasteiger partial charge in [0.15, 0.2) is 5.76 Å². The van der Waals surface area contributed by atoms with E-state index in [2.05, 4.69) is 15.4 Å². The highest BCUT2D eigenvalue weighted by atomic mass is 16.5. The Morgan fingerprint density at radius 1 is 1.67 bits per heavy atom. The van der Waals surface area contributed by atoms with Crippen molar-refractivity contribution in [3.63, 3.8) is 0 Å². The van der Waals surface area contributed by atoms with Gasteiger partial charge in [-0.25, -0.2) is 0 Å². The molecule has 0 fully saturated rings. The molecule has 2 aromatic rings. The van der Waals surface area contributed by atoms with E-state index in [-0.39, 0.29) is 6.42 Å². The number of nitrogens with one attached hydrogen (secondary N) is 1. The second kappa shape index (κ2) is 3.56. The SMILES string of the molecule is Cc1cnoc1-c1cc(CC(=O)O)[nH]n1. The first-order valence-electron chi connectivity index (χ1n) is 4.34. The second-order valence-electron chi connectivity index (χ2n) is 3.19. The number of hydrogen-bond acceptors (Lipinski definition) is 4. The van der Waals surface area contributed by atoms with Crippen molar-refractivity contribution in [3.8, 4) is 11.5 Å². The number of carbonyl (C=O) groups is 1. The second-order valence-corrected chi connectivity index (χ2v) is 3.19. The number of nitrogens with zero attached hydrogens (tertiary/aromatic N) is 2.